The summed E-state index contributed by atoms with van der Waals surface area (Å²) >= 11 is 7.42. The lowest BCUT2D eigenvalue weighted by Crippen LogP contribution is -2.21. The molecule has 1 nitrogen and oxygen atoms in total. The third-order valence-corrected chi connectivity index (χ3v) is 4.37. The Morgan fingerprint density at radius 1 is 1.19 bits per heavy atom. The van der Waals surface area contributed by atoms with Crippen molar-refractivity contribution in [2.75, 3.05) is 0 Å². The lowest BCUT2D eigenvalue weighted by atomic mass is 10.2. The predicted molar refractivity (Wildman–Crippen MR) is 89.4 cm³/mol. The van der Waals surface area contributed by atoms with Crippen LogP contribution in [-0.2, 0) is 12.3 Å². The van der Waals surface area contributed by atoms with E-state index in [0.717, 1.165) is 11.4 Å². The molecule has 0 saturated heterocycles. The van der Waals surface area contributed by atoms with Crippen molar-refractivity contribution in [2.24, 2.45) is 0 Å². The van der Waals surface area contributed by atoms with Crippen LogP contribution >= 0.6 is 23.4 Å². The molecular weight excluding hydrogens is 305 g/mol. The Hall–Kier alpha value is -1.03. The van der Waals surface area contributed by atoms with Gasteiger partial charge in [-0.15, -0.1) is 11.8 Å². The fraction of sp³-hybridized carbons (Fsp3) is 0.294. The molecule has 0 atom stereocenters. The molecule has 4 heteroatoms. The Kier molecular flexibility index (Phi) is 6.09. The highest BCUT2D eigenvalue weighted by atomic mass is 35.5. The van der Waals surface area contributed by atoms with E-state index >= 15 is 0 Å². The van der Waals surface area contributed by atoms with Crippen LogP contribution in [-0.4, -0.2) is 6.04 Å². The first-order chi connectivity index (χ1) is 10.1. The summed E-state index contributed by atoms with van der Waals surface area (Å²) in [6, 6.07) is 13.9. The third kappa shape index (κ3) is 5.03. The molecule has 0 heterocycles. The van der Waals surface area contributed by atoms with Gasteiger partial charge in [-0.2, -0.15) is 0 Å². The molecule has 0 aliphatic rings. The average molecular weight is 324 g/mol. The van der Waals surface area contributed by atoms with Gasteiger partial charge in [0.2, 0.25) is 0 Å². The minimum atomic E-state index is -0.315. The third-order valence-electron chi connectivity index (χ3n) is 3.04. The van der Waals surface area contributed by atoms with Crippen molar-refractivity contribution in [1.29, 1.82) is 0 Å². The Morgan fingerprint density at radius 3 is 2.71 bits per heavy atom. The van der Waals surface area contributed by atoms with Crippen LogP contribution in [0.3, 0.4) is 0 Å². The Labute approximate surface area is 134 Å². The summed E-state index contributed by atoms with van der Waals surface area (Å²) in [5.41, 5.74) is 1.87. The van der Waals surface area contributed by atoms with Gasteiger partial charge in [0.25, 0.3) is 0 Å². The monoisotopic (exact) mass is 323 g/mol. The topological polar surface area (TPSA) is 12.0 Å². The second-order valence-corrected chi connectivity index (χ2v) is 6.64. The van der Waals surface area contributed by atoms with Gasteiger partial charge in [-0.05, 0) is 29.3 Å². The smallest absolute Gasteiger partial charge is 0.145 e. The maximum Gasteiger partial charge on any atom is 0.145 e. The number of thioether (sulfide) groups is 1. The van der Waals surface area contributed by atoms with Crippen molar-refractivity contribution < 1.29 is 4.39 Å². The summed E-state index contributed by atoms with van der Waals surface area (Å²) in [4.78, 5) is 1.14. The molecule has 0 spiro atoms. The summed E-state index contributed by atoms with van der Waals surface area (Å²) in [5.74, 6) is 0.261. The zero-order chi connectivity index (χ0) is 15.2. The maximum atomic E-state index is 13.8. The van der Waals surface area contributed by atoms with E-state index in [1.807, 2.05) is 12.1 Å². The molecule has 1 N–H and O–H groups in total. The van der Waals surface area contributed by atoms with E-state index in [1.165, 1.54) is 5.56 Å². The van der Waals surface area contributed by atoms with Crippen LogP contribution in [0, 0.1) is 5.82 Å². The first-order valence-electron chi connectivity index (χ1n) is 6.94. The van der Waals surface area contributed by atoms with E-state index in [4.69, 9.17) is 11.6 Å². The van der Waals surface area contributed by atoms with Crippen LogP contribution in [0.4, 0.5) is 4.39 Å². The number of hydrogen-bond acceptors (Lipinski definition) is 2. The Morgan fingerprint density at radius 2 is 1.95 bits per heavy atom. The zero-order valence-electron chi connectivity index (χ0n) is 12.2. The van der Waals surface area contributed by atoms with Gasteiger partial charge in [-0.1, -0.05) is 49.7 Å². The van der Waals surface area contributed by atoms with Gasteiger partial charge in [-0.25, -0.2) is 4.39 Å². The van der Waals surface area contributed by atoms with E-state index < -0.39 is 0 Å². The molecule has 0 aromatic heterocycles. The standard InChI is InChI=1S/C17H19ClFNS/c1-12(2)20-10-13-5-3-7-15(9-13)21-11-14-6-4-8-16(18)17(14)19/h3-9,12,20H,10-11H2,1-2H3. The lowest BCUT2D eigenvalue weighted by Gasteiger charge is -2.09. The summed E-state index contributed by atoms with van der Waals surface area (Å²) in [5, 5.41) is 3.58. The quantitative estimate of drug-likeness (QED) is 0.727. The van der Waals surface area contributed by atoms with Gasteiger partial charge in [-0.3, -0.25) is 0 Å². The van der Waals surface area contributed by atoms with Crippen LogP contribution in [0.5, 0.6) is 0 Å². The van der Waals surface area contributed by atoms with Crippen molar-refractivity contribution in [1.82, 2.24) is 5.32 Å². The molecule has 21 heavy (non-hydrogen) atoms. The molecule has 2 rings (SSSR count). The van der Waals surface area contributed by atoms with Crippen molar-refractivity contribution >= 4 is 23.4 Å². The number of nitrogens with one attached hydrogen (secondary N) is 1. The minimum absolute atomic E-state index is 0.183. The second-order valence-electron chi connectivity index (χ2n) is 5.18. The Balaban J connectivity index is 2.00. The second kappa shape index (κ2) is 7.83. The molecule has 0 radical (unpaired) electrons. The summed E-state index contributed by atoms with van der Waals surface area (Å²) in [7, 11) is 0. The number of hydrogen-bond donors (Lipinski definition) is 1. The fourth-order valence-corrected chi connectivity index (χ4v) is 3.04. The molecule has 0 aliphatic heterocycles. The van der Waals surface area contributed by atoms with Crippen LogP contribution < -0.4 is 5.32 Å². The number of benzene rings is 2. The van der Waals surface area contributed by atoms with Crippen LogP contribution in [0.2, 0.25) is 5.02 Å². The molecule has 2 aromatic rings. The van der Waals surface area contributed by atoms with Gasteiger partial charge in [0, 0.05) is 23.2 Å². The highest BCUT2D eigenvalue weighted by Gasteiger charge is 2.07. The predicted octanol–water partition coefficient (Wildman–Crippen LogP) is 5.27. The van der Waals surface area contributed by atoms with Gasteiger partial charge in [0.1, 0.15) is 5.82 Å². The van der Waals surface area contributed by atoms with Crippen molar-refractivity contribution in [3.8, 4) is 0 Å². The van der Waals surface area contributed by atoms with Crippen LogP contribution in [0.25, 0.3) is 0 Å². The lowest BCUT2D eigenvalue weighted by molar-refractivity contribution is 0.588. The molecule has 0 bridgehead atoms. The van der Waals surface area contributed by atoms with Crippen LogP contribution in [0.1, 0.15) is 25.0 Å². The first-order valence-corrected chi connectivity index (χ1v) is 8.30. The van der Waals surface area contributed by atoms with Gasteiger partial charge >= 0.3 is 0 Å². The average Bonchev–Trinajstić information content (AvgIpc) is 2.47. The maximum absolute atomic E-state index is 13.8. The highest BCUT2D eigenvalue weighted by molar-refractivity contribution is 7.98. The zero-order valence-corrected chi connectivity index (χ0v) is 13.8. The molecule has 0 unspecified atom stereocenters. The van der Waals surface area contributed by atoms with E-state index in [0.29, 0.717) is 17.4 Å². The number of rotatable bonds is 6. The molecule has 0 aliphatic carbocycles. The van der Waals surface area contributed by atoms with Gasteiger partial charge in [0.05, 0.1) is 5.02 Å². The normalized spacial score (nSPS) is 11.1. The van der Waals surface area contributed by atoms with E-state index in [1.54, 1.807) is 30.0 Å². The van der Waals surface area contributed by atoms with Crippen molar-refractivity contribution in [2.45, 2.75) is 37.1 Å². The molecule has 0 fully saturated rings. The van der Waals surface area contributed by atoms with Crippen molar-refractivity contribution in [3.63, 3.8) is 0 Å². The molecule has 112 valence electrons. The number of halogens is 2. The molecule has 0 saturated carbocycles. The van der Waals surface area contributed by atoms with Crippen LogP contribution in [0.15, 0.2) is 47.4 Å². The Bertz CT molecular complexity index is 601. The summed E-state index contributed by atoms with van der Waals surface area (Å²) in [6.45, 7) is 5.10. The van der Waals surface area contributed by atoms with Gasteiger partial charge in [0.15, 0.2) is 0 Å². The largest absolute Gasteiger partial charge is 0.310 e. The minimum Gasteiger partial charge on any atom is -0.310 e. The molecule has 0 amide bonds. The molecule has 2 aromatic carbocycles. The molecular formula is C17H19ClFNS. The SMILES string of the molecule is CC(C)NCc1cccc(SCc2cccc(Cl)c2F)c1. The summed E-state index contributed by atoms with van der Waals surface area (Å²) in [6.07, 6.45) is 0. The fourth-order valence-electron chi connectivity index (χ4n) is 1.89. The van der Waals surface area contributed by atoms with Gasteiger partial charge < -0.3 is 5.32 Å². The highest BCUT2D eigenvalue weighted by Crippen LogP contribution is 2.27. The van der Waals surface area contributed by atoms with Crippen molar-refractivity contribution in [3.05, 3.63) is 64.4 Å². The summed E-state index contributed by atoms with van der Waals surface area (Å²) < 4.78 is 13.8. The van der Waals surface area contributed by atoms with E-state index in [9.17, 15) is 4.39 Å². The van der Waals surface area contributed by atoms with E-state index in [2.05, 4.69) is 31.3 Å². The van der Waals surface area contributed by atoms with E-state index in [-0.39, 0.29) is 10.8 Å². The first kappa shape index (κ1) is 16.3.